The maximum absolute atomic E-state index is 12.3. The summed E-state index contributed by atoms with van der Waals surface area (Å²) in [5.41, 5.74) is 3.01. The van der Waals surface area contributed by atoms with Gasteiger partial charge < -0.3 is 25.2 Å². The normalized spacial score (nSPS) is 10.7. The Morgan fingerprint density at radius 2 is 1.88 bits per heavy atom. The minimum atomic E-state index is -0.127. The molecule has 9 heteroatoms. The van der Waals surface area contributed by atoms with E-state index in [2.05, 4.69) is 31.1 Å². The van der Waals surface area contributed by atoms with Crippen LogP contribution in [0.25, 0.3) is 11.0 Å². The van der Waals surface area contributed by atoms with Gasteiger partial charge in [-0.25, -0.2) is 4.98 Å². The Kier molecular flexibility index (Phi) is 6.45. The number of amides is 1. The number of rotatable bonds is 9. The van der Waals surface area contributed by atoms with Crippen molar-refractivity contribution in [3.05, 3.63) is 66.0 Å². The second-order valence-corrected chi connectivity index (χ2v) is 7.15. The molecule has 0 bridgehead atoms. The summed E-state index contributed by atoms with van der Waals surface area (Å²) in [6.45, 7) is 2.81. The number of ether oxygens (including phenoxy) is 1. The molecular weight excluding hydrogens is 408 g/mol. The minimum absolute atomic E-state index is 0.127. The van der Waals surface area contributed by atoms with Crippen molar-refractivity contribution >= 4 is 34.3 Å². The highest BCUT2D eigenvalue weighted by Gasteiger charge is 2.11. The molecule has 4 rings (SSSR count). The highest BCUT2D eigenvalue weighted by molar-refractivity contribution is 5.86. The molecule has 9 nitrogen and oxygen atoms in total. The van der Waals surface area contributed by atoms with Gasteiger partial charge in [-0.3, -0.25) is 4.79 Å². The second kappa shape index (κ2) is 9.78. The number of para-hydroxylation sites is 1. The number of carbonyl (C=O) groups excluding carboxylic acids is 1. The summed E-state index contributed by atoms with van der Waals surface area (Å²) in [5.74, 6) is 1.82. The summed E-state index contributed by atoms with van der Waals surface area (Å²) in [6.07, 6.45) is 0.161. The van der Waals surface area contributed by atoms with Crippen LogP contribution in [0.4, 0.5) is 17.5 Å². The van der Waals surface area contributed by atoms with Gasteiger partial charge in [0, 0.05) is 35.9 Å². The van der Waals surface area contributed by atoms with E-state index in [4.69, 9.17) is 9.26 Å². The van der Waals surface area contributed by atoms with E-state index < -0.39 is 0 Å². The fraction of sp³-hybridized carbons (Fsp3) is 0.217. The van der Waals surface area contributed by atoms with Gasteiger partial charge in [0.25, 0.3) is 0 Å². The number of anilines is 3. The van der Waals surface area contributed by atoms with Crippen LogP contribution >= 0.6 is 0 Å². The van der Waals surface area contributed by atoms with Crippen LogP contribution in [-0.2, 0) is 11.2 Å². The Hall–Kier alpha value is -4.14. The van der Waals surface area contributed by atoms with Gasteiger partial charge in [0.2, 0.25) is 11.9 Å². The van der Waals surface area contributed by atoms with Gasteiger partial charge in [0.05, 0.1) is 13.5 Å². The standard InChI is InChI=1S/C23H24N6O3/c1-15-13-21(27-16-7-9-17(31-2)10-8-16)28-23(26-15)25-12-11-24-22(30)14-19-18-5-3-4-6-20(18)32-29-19/h3-10,13H,11-12,14H2,1-2H3,(H,24,30)(H2,25,26,27,28). The molecule has 1 amide bonds. The van der Waals surface area contributed by atoms with Crippen LogP contribution in [-0.4, -0.2) is 41.2 Å². The molecule has 2 aromatic heterocycles. The maximum Gasteiger partial charge on any atom is 0.226 e. The van der Waals surface area contributed by atoms with Crippen molar-refractivity contribution in [3.63, 3.8) is 0 Å². The summed E-state index contributed by atoms with van der Waals surface area (Å²) in [7, 11) is 1.63. The van der Waals surface area contributed by atoms with Crippen molar-refractivity contribution in [3.8, 4) is 5.75 Å². The average Bonchev–Trinajstić information content (AvgIpc) is 3.20. The number of hydrogen-bond donors (Lipinski definition) is 3. The van der Waals surface area contributed by atoms with Crippen molar-refractivity contribution in [2.75, 3.05) is 30.8 Å². The van der Waals surface area contributed by atoms with Crippen molar-refractivity contribution in [2.45, 2.75) is 13.3 Å². The average molecular weight is 432 g/mol. The van der Waals surface area contributed by atoms with Gasteiger partial charge in [-0.05, 0) is 43.3 Å². The van der Waals surface area contributed by atoms with E-state index in [9.17, 15) is 4.79 Å². The predicted octanol–water partition coefficient (Wildman–Crippen LogP) is 3.45. The molecule has 0 atom stereocenters. The van der Waals surface area contributed by atoms with Gasteiger partial charge in [0.1, 0.15) is 17.3 Å². The maximum atomic E-state index is 12.3. The van der Waals surface area contributed by atoms with Crippen LogP contribution in [0.5, 0.6) is 5.75 Å². The molecule has 0 aliphatic carbocycles. The lowest BCUT2D eigenvalue weighted by Gasteiger charge is -2.11. The number of carbonyl (C=O) groups is 1. The van der Waals surface area contributed by atoms with Crippen LogP contribution in [0.2, 0.25) is 0 Å². The van der Waals surface area contributed by atoms with E-state index in [1.807, 2.05) is 61.5 Å². The molecule has 2 heterocycles. The van der Waals surface area contributed by atoms with E-state index in [1.54, 1.807) is 7.11 Å². The third-order valence-electron chi connectivity index (χ3n) is 4.73. The molecule has 0 fully saturated rings. The lowest BCUT2D eigenvalue weighted by Crippen LogP contribution is -2.30. The third-order valence-corrected chi connectivity index (χ3v) is 4.73. The zero-order valence-corrected chi connectivity index (χ0v) is 17.9. The monoisotopic (exact) mass is 432 g/mol. The van der Waals surface area contributed by atoms with Gasteiger partial charge in [-0.2, -0.15) is 4.98 Å². The fourth-order valence-electron chi connectivity index (χ4n) is 3.19. The lowest BCUT2D eigenvalue weighted by atomic mass is 10.1. The van der Waals surface area contributed by atoms with Gasteiger partial charge in [0.15, 0.2) is 5.58 Å². The zero-order chi connectivity index (χ0) is 22.3. The van der Waals surface area contributed by atoms with E-state index >= 15 is 0 Å². The molecule has 32 heavy (non-hydrogen) atoms. The van der Waals surface area contributed by atoms with Gasteiger partial charge >= 0.3 is 0 Å². The number of nitrogens with one attached hydrogen (secondary N) is 3. The van der Waals surface area contributed by atoms with E-state index in [1.165, 1.54) is 0 Å². The summed E-state index contributed by atoms with van der Waals surface area (Å²) in [5, 5.41) is 14.1. The molecule has 2 aromatic carbocycles. The number of nitrogens with zero attached hydrogens (tertiary/aromatic N) is 3. The number of hydrogen-bond acceptors (Lipinski definition) is 8. The summed E-state index contributed by atoms with van der Waals surface area (Å²) in [4.78, 5) is 21.1. The van der Waals surface area contributed by atoms with E-state index in [0.29, 0.717) is 36.1 Å². The van der Waals surface area contributed by atoms with Crippen molar-refractivity contribution < 1.29 is 14.1 Å². The minimum Gasteiger partial charge on any atom is -0.497 e. The highest BCUT2D eigenvalue weighted by Crippen LogP contribution is 2.20. The Labute approximate surface area is 185 Å². The molecule has 0 aliphatic heterocycles. The number of aromatic nitrogens is 3. The molecule has 164 valence electrons. The summed E-state index contributed by atoms with van der Waals surface area (Å²) < 4.78 is 10.4. The van der Waals surface area contributed by atoms with Crippen LogP contribution in [0.15, 0.2) is 59.1 Å². The third kappa shape index (κ3) is 5.31. The molecule has 3 N–H and O–H groups in total. The molecular formula is C23H24N6O3. The highest BCUT2D eigenvalue weighted by atomic mass is 16.5. The topological polar surface area (TPSA) is 114 Å². The second-order valence-electron chi connectivity index (χ2n) is 7.15. The first-order valence-electron chi connectivity index (χ1n) is 10.2. The number of methoxy groups -OCH3 is 1. The van der Waals surface area contributed by atoms with Crippen LogP contribution in [0, 0.1) is 6.92 Å². The fourth-order valence-corrected chi connectivity index (χ4v) is 3.19. The van der Waals surface area contributed by atoms with Crippen LogP contribution < -0.4 is 20.7 Å². The number of aryl methyl sites for hydroxylation is 1. The number of fused-ring (bicyclic) bond motifs is 1. The Bertz CT molecular complexity index is 1210. The molecule has 0 saturated carbocycles. The van der Waals surface area contributed by atoms with Crippen molar-refractivity contribution in [1.82, 2.24) is 20.4 Å². The molecule has 4 aromatic rings. The van der Waals surface area contributed by atoms with Gasteiger partial charge in [-0.1, -0.05) is 17.3 Å². The molecule has 0 aliphatic rings. The Morgan fingerprint density at radius 3 is 2.69 bits per heavy atom. The molecule has 0 radical (unpaired) electrons. The first kappa shape index (κ1) is 21.1. The first-order valence-corrected chi connectivity index (χ1v) is 10.2. The van der Waals surface area contributed by atoms with Gasteiger partial charge in [-0.15, -0.1) is 0 Å². The quantitative estimate of drug-likeness (QED) is 0.345. The first-order chi connectivity index (χ1) is 15.6. The molecule has 0 spiro atoms. The lowest BCUT2D eigenvalue weighted by molar-refractivity contribution is -0.120. The van der Waals surface area contributed by atoms with Crippen LogP contribution in [0.1, 0.15) is 11.4 Å². The van der Waals surface area contributed by atoms with Crippen molar-refractivity contribution in [2.24, 2.45) is 0 Å². The largest absolute Gasteiger partial charge is 0.497 e. The Balaban J connectivity index is 1.27. The number of benzene rings is 2. The van der Waals surface area contributed by atoms with E-state index in [0.717, 1.165) is 22.5 Å². The molecule has 0 unspecified atom stereocenters. The summed E-state index contributed by atoms with van der Waals surface area (Å²) in [6, 6.07) is 16.9. The summed E-state index contributed by atoms with van der Waals surface area (Å²) >= 11 is 0. The SMILES string of the molecule is COc1ccc(Nc2cc(C)nc(NCCNC(=O)Cc3noc4ccccc34)n2)cc1. The predicted molar refractivity (Wildman–Crippen MR) is 122 cm³/mol. The Morgan fingerprint density at radius 1 is 1.06 bits per heavy atom. The smallest absolute Gasteiger partial charge is 0.226 e. The molecule has 0 saturated heterocycles. The van der Waals surface area contributed by atoms with E-state index in [-0.39, 0.29) is 12.3 Å². The van der Waals surface area contributed by atoms with Crippen LogP contribution in [0.3, 0.4) is 0 Å². The zero-order valence-electron chi connectivity index (χ0n) is 17.9. The van der Waals surface area contributed by atoms with Crippen molar-refractivity contribution in [1.29, 1.82) is 0 Å².